The van der Waals surface area contributed by atoms with Crippen LogP contribution in [0, 0.1) is 0 Å². The fourth-order valence-electron chi connectivity index (χ4n) is 2.84. The highest BCUT2D eigenvalue weighted by molar-refractivity contribution is 6.30. The Labute approximate surface area is 152 Å². The van der Waals surface area contributed by atoms with E-state index in [0.717, 1.165) is 30.4 Å². The van der Waals surface area contributed by atoms with Crippen molar-refractivity contribution >= 4 is 29.2 Å². The van der Waals surface area contributed by atoms with Gasteiger partial charge in [-0.1, -0.05) is 42.8 Å². The molecule has 0 atom stereocenters. The van der Waals surface area contributed by atoms with Crippen molar-refractivity contribution in [3.8, 4) is 0 Å². The summed E-state index contributed by atoms with van der Waals surface area (Å²) in [5.41, 5.74) is 2.11. The molecule has 4 nitrogen and oxygen atoms in total. The summed E-state index contributed by atoms with van der Waals surface area (Å²) in [6, 6.07) is 14.8. The molecule has 0 spiro atoms. The summed E-state index contributed by atoms with van der Waals surface area (Å²) >= 11 is 5.89. The maximum atomic E-state index is 12.4. The Morgan fingerprint density at radius 1 is 1.16 bits per heavy atom. The molecule has 0 aromatic heterocycles. The van der Waals surface area contributed by atoms with Gasteiger partial charge in [0.25, 0.3) is 5.91 Å². The van der Waals surface area contributed by atoms with Crippen molar-refractivity contribution in [2.75, 3.05) is 11.9 Å². The predicted molar refractivity (Wildman–Crippen MR) is 97.8 cm³/mol. The second-order valence-electron chi connectivity index (χ2n) is 6.27. The van der Waals surface area contributed by atoms with Crippen LogP contribution in [0.2, 0.25) is 5.02 Å². The minimum Gasteiger partial charge on any atom is -0.455 e. The van der Waals surface area contributed by atoms with Crippen LogP contribution in [0.15, 0.2) is 48.5 Å². The van der Waals surface area contributed by atoms with Crippen molar-refractivity contribution < 1.29 is 14.3 Å². The highest BCUT2D eigenvalue weighted by Gasteiger charge is 2.52. The molecule has 0 bridgehead atoms. The third-order valence-electron chi connectivity index (χ3n) is 4.49. The van der Waals surface area contributed by atoms with Gasteiger partial charge in [-0.2, -0.15) is 0 Å². The summed E-state index contributed by atoms with van der Waals surface area (Å²) < 4.78 is 5.26. The molecule has 1 aliphatic rings. The molecule has 2 aromatic carbocycles. The molecule has 0 radical (unpaired) electrons. The van der Waals surface area contributed by atoms with Gasteiger partial charge in [-0.3, -0.25) is 9.59 Å². The quantitative estimate of drug-likeness (QED) is 0.791. The topological polar surface area (TPSA) is 55.4 Å². The first-order valence-corrected chi connectivity index (χ1v) is 8.73. The normalized spacial score (nSPS) is 14.6. The van der Waals surface area contributed by atoms with Gasteiger partial charge in [0.15, 0.2) is 6.61 Å². The van der Waals surface area contributed by atoms with Gasteiger partial charge in [-0.05, 0) is 54.7 Å². The molecule has 1 saturated carbocycles. The van der Waals surface area contributed by atoms with E-state index in [-0.39, 0.29) is 18.5 Å². The maximum Gasteiger partial charge on any atom is 0.317 e. The zero-order valence-electron chi connectivity index (χ0n) is 14.0. The van der Waals surface area contributed by atoms with Crippen molar-refractivity contribution in [3.05, 3.63) is 64.7 Å². The number of anilines is 1. The minimum absolute atomic E-state index is 0.287. The van der Waals surface area contributed by atoms with Crippen LogP contribution >= 0.6 is 11.6 Å². The van der Waals surface area contributed by atoms with E-state index in [4.69, 9.17) is 16.3 Å². The molecule has 1 amide bonds. The Morgan fingerprint density at radius 2 is 1.88 bits per heavy atom. The van der Waals surface area contributed by atoms with Gasteiger partial charge in [0, 0.05) is 10.7 Å². The molecule has 130 valence electrons. The number of aryl methyl sites for hydroxylation is 1. The predicted octanol–water partition coefficient (Wildman–Crippen LogP) is 4.12. The zero-order chi connectivity index (χ0) is 17.9. The second-order valence-corrected chi connectivity index (χ2v) is 6.70. The first-order chi connectivity index (χ1) is 12.0. The van der Waals surface area contributed by atoms with Gasteiger partial charge < -0.3 is 10.1 Å². The summed E-state index contributed by atoms with van der Waals surface area (Å²) in [5, 5.41) is 3.38. The third kappa shape index (κ3) is 4.02. The van der Waals surface area contributed by atoms with Crippen LogP contribution in [-0.4, -0.2) is 18.5 Å². The fourth-order valence-corrected chi connectivity index (χ4v) is 2.97. The van der Waals surface area contributed by atoms with Gasteiger partial charge in [0.05, 0.1) is 5.41 Å². The van der Waals surface area contributed by atoms with Crippen LogP contribution in [0.25, 0.3) is 0 Å². The molecular weight excluding hydrogens is 338 g/mol. The van der Waals surface area contributed by atoms with Crippen molar-refractivity contribution in [3.63, 3.8) is 0 Å². The lowest BCUT2D eigenvalue weighted by Crippen LogP contribution is -2.28. The van der Waals surface area contributed by atoms with Crippen LogP contribution < -0.4 is 5.32 Å². The first kappa shape index (κ1) is 17.5. The third-order valence-corrected chi connectivity index (χ3v) is 4.74. The van der Waals surface area contributed by atoms with Crippen molar-refractivity contribution in [1.29, 1.82) is 0 Å². The Bertz CT molecular complexity index is 782. The van der Waals surface area contributed by atoms with E-state index in [0.29, 0.717) is 10.7 Å². The van der Waals surface area contributed by atoms with Crippen LogP contribution in [0.4, 0.5) is 5.69 Å². The summed E-state index contributed by atoms with van der Waals surface area (Å²) in [6.07, 6.45) is 2.35. The molecule has 2 aromatic rings. The van der Waals surface area contributed by atoms with Crippen molar-refractivity contribution in [2.24, 2.45) is 0 Å². The lowest BCUT2D eigenvalue weighted by Gasteiger charge is -2.15. The first-order valence-electron chi connectivity index (χ1n) is 8.35. The average molecular weight is 358 g/mol. The number of carbonyl (C=O) groups is 2. The number of hydrogen-bond donors (Lipinski definition) is 1. The Hall–Kier alpha value is -2.33. The van der Waals surface area contributed by atoms with Crippen LogP contribution in [0.1, 0.15) is 30.9 Å². The largest absolute Gasteiger partial charge is 0.455 e. The van der Waals surface area contributed by atoms with Crippen molar-refractivity contribution in [1.82, 2.24) is 0 Å². The van der Waals surface area contributed by atoms with Gasteiger partial charge >= 0.3 is 5.97 Å². The lowest BCUT2D eigenvalue weighted by molar-refractivity contribution is -0.150. The minimum atomic E-state index is -0.618. The van der Waals surface area contributed by atoms with Gasteiger partial charge in [0.1, 0.15) is 0 Å². The maximum absolute atomic E-state index is 12.4. The molecular formula is C20H20ClNO3. The Kier molecular flexibility index (Phi) is 5.09. The Morgan fingerprint density at radius 3 is 2.52 bits per heavy atom. The molecule has 1 fully saturated rings. The number of ether oxygens (including phenoxy) is 1. The molecule has 5 heteroatoms. The smallest absolute Gasteiger partial charge is 0.317 e. The summed E-state index contributed by atoms with van der Waals surface area (Å²) in [4.78, 5) is 24.5. The highest BCUT2D eigenvalue weighted by Crippen LogP contribution is 2.49. The zero-order valence-corrected chi connectivity index (χ0v) is 14.8. The molecule has 3 rings (SSSR count). The molecule has 25 heavy (non-hydrogen) atoms. The number of nitrogens with one attached hydrogen (secondary N) is 1. The summed E-state index contributed by atoms with van der Waals surface area (Å²) in [5.74, 6) is -0.694. The number of carbonyl (C=O) groups excluding carboxylic acids is 2. The van der Waals surface area contributed by atoms with Crippen LogP contribution in [0.5, 0.6) is 0 Å². The standard InChI is InChI=1S/C20H20ClNO3/c1-2-14-4-3-5-17(12-14)22-18(23)13-25-19(24)20(10-11-20)15-6-8-16(21)9-7-15/h3-9,12H,2,10-11,13H2,1H3,(H,22,23). The van der Waals surface area contributed by atoms with Gasteiger partial charge in [-0.25, -0.2) is 0 Å². The molecule has 0 aliphatic heterocycles. The summed E-state index contributed by atoms with van der Waals surface area (Å²) in [7, 11) is 0. The fraction of sp³-hybridized carbons (Fsp3) is 0.300. The van der Waals surface area contributed by atoms with E-state index in [1.165, 1.54) is 0 Å². The average Bonchev–Trinajstić information content (AvgIpc) is 3.42. The number of halogens is 1. The number of esters is 1. The van der Waals surface area contributed by atoms with Crippen molar-refractivity contribution in [2.45, 2.75) is 31.6 Å². The highest BCUT2D eigenvalue weighted by atomic mass is 35.5. The van der Waals surface area contributed by atoms with Gasteiger partial charge in [-0.15, -0.1) is 0 Å². The van der Waals surface area contributed by atoms with E-state index in [9.17, 15) is 9.59 Å². The molecule has 0 unspecified atom stereocenters. The summed E-state index contributed by atoms with van der Waals surface area (Å²) in [6.45, 7) is 1.76. The number of benzene rings is 2. The Balaban J connectivity index is 1.56. The molecule has 0 saturated heterocycles. The lowest BCUT2D eigenvalue weighted by atomic mass is 9.96. The van der Waals surface area contributed by atoms with E-state index in [1.54, 1.807) is 12.1 Å². The van der Waals surface area contributed by atoms with E-state index >= 15 is 0 Å². The number of rotatable bonds is 6. The number of amides is 1. The molecule has 1 N–H and O–H groups in total. The van der Waals surface area contributed by atoms with Crippen LogP contribution in [-0.2, 0) is 26.2 Å². The van der Waals surface area contributed by atoms with Crippen LogP contribution in [0.3, 0.4) is 0 Å². The second kappa shape index (κ2) is 7.28. The number of hydrogen-bond acceptors (Lipinski definition) is 3. The molecule has 0 heterocycles. The SMILES string of the molecule is CCc1cccc(NC(=O)COC(=O)C2(c3ccc(Cl)cc3)CC2)c1. The monoisotopic (exact) mass is 357 g/mol. The van der Waals surface area contributed by atoms with E-state index in [1.807, 2.05) is 36.4 Å². The van der Waals surface area contributed by atoms with Gasteiger partial charge in [0.2, 0.25) is 0 Å². The molecule has 1 aliphatic carbocycles. The van der Waals surface area contributed by atoms with E-state index in [2.05, 4.69) is 12.2 Å². The van der Waals surface area contributed by atoms with E-state index < -0.39 is 5.41 Å².